The predicted molar refractivity (Wildman–Crippen MR) is 93.2 cm³/mol. The molecule has 0 aliphatic carbocycles. The summed E-state index contributed by atoms with van der Waals surface area (Å²) >= 11 is 1.30. The van der Waals surface area contributed by atoms with Gasteiger partial charge in [-0.3, -0.25) is 5.32 Å². The number of carbonyl (C=O) groups excluding carboxylic acids is 1. The Bertz CT molecular complexity index is 911. The molecule has 0 radical (unpaired) electrons. The van der Waals surface area contributed by atoms with E-state index in [1.54, 1.807) is 0 Å². The molecule has 0 bridgehead atoms. The van der Waals surface area contributed by atoms with Crippen molar-refractivity contribution in [3.63, 3.8) is 0 Å². The first-order valence-corrected chi connectivity index (χ1v) is 8.17. The van der Waals surface area contributed by atoms with Crippen molar-refractivity contribution in [2.75, 3.05) is 10.6 Å². The van der Waals surface area contributed by atoms with Crippen LogP contribution in [0.15, 0.2) is 36.4 Å². The largest absolute Gasteiger partial charge is 0.416 e. The number of amides is 2. The van der Waals surface area contributed by atoms with Crippen LogP contribution in [0.1, 0.15) is 16.7 Å². The number of fused-ring (bicyclic) bond motifs is 1. The molecule has 3 aromatic rings. The highest BCUT2D eigenvalue weighted by Crippen LogP contribution is 2.31. The number of nitrogens with one attached hydrogen (secondary N) is 2. The zero-order chi connectivity index (χ0) is 18.2. The average Bonchev–Trinajstić information content (AvgIpc) is 2.88. The standard InChI is InChI=1S/C17H14F3N3OS/c1-9-6-13-14(7-10(9)2)25-16(22-13)23-15(24)21-12-5-3-4-11(8-12)17(18,19)20/h3-8H,1-2H3,(H2,21,22,23,24). The fourth-order valence-corrected chi connectivity index (χ4v) is 3.21. The van der Waals surface area contributed by atoms with Gasteiger partial charge in [-0.05, 0) is 55.3 Å². The Morgan fingerprint density at radius 2 is 1.80 bits per heavy atom. The first-order chi connectivity index (χ1) is 11.7. The molecule has 0 saturated carbocycles. The first-order valence-electron chi connectivity index (χ1n) is 7.35. The Kier molecular flexibility index (Phi) is 4.38. The SMILES string of the molecule is Cc1cc2nc(NC(=O)Nc3cccc(C(F)(F)F)c3)sc2cc1C. The molecule has 8 heteroatoms. The Morgan fingerprint density at radius 3 is 2.52 bits per heavy atom. The van der Waals surface area contributed by atoms with E-state index in [-0.39, 0.29) is 5.69 Å². The molecule has 25 heavy (non-hydrogen) atoms. The minimum absolute atomic E-state index is 0.0557. The number of alkyl halides is 3. The van der Waals surface area contributed by atoms with Gasteiger partial charge < -0.3 is 5.32 Å². The summed E-state index contributed by atoms with van der Waals surface area (Å²) in [6, 6.07) is 7.72. The molecule has 0 unspecified atom stereocenters. The van der Waals surface area contributed by atoms with E-state index in [4.69, 9.17) is 0 Å². The van der Waals surface area contributed by atoms with Crippen molar-refractivity contribution >= 4 is 38.4 Å². The van der Waals surface area contributed by atoms with Crippen LogP contribution in [0.3, 0.4) is 0 Å². The van der Waals surface area contributed by atoms with Crippen molar-refractivity contribution in [3.8, 4) is 0 Å². The van der Waals surface area contributed by atoms with Gasteiger partial charge in [-0.1, -0.05) is 17.4 Å². The van der Waals surface area contributed by atoms with E-state index in [1.165, 1.54) is 23.5 Å². The number of halogens is 3. The smallest absolute Gasteiger partial charge is 0.308 e. The molecular formula is C17H14F3N3OS. The van der Waals surface area contributed by atoms with E-state index < -0.39 is 17.8 Å². The van der Waals surface area contributed by atoms with E-state index >= 15 is 0 Å². The molecule has 1 heterocycles. The van der Waals surface area contributed by atoms with Crippen LogP contribution in [0.25, 0.3) is 10.2 Å². The predicted octanol–water partition coefficient (Wildman–Crippen LogP) is 5.58. The molecule has 4 nitrogen and oxygen atoms in total. The van der Waals surface area contributed by atoms with Gasteiger partial charge in [-0.15, -0.1) is 0 Å². The third kappa shape index (κ3) is 3.90. The number of carbonyl (C=O) groups is 1. The minimum atomic E-state index is -4.46. The van der Waals surface area contributed by atoms with E-state index in [9.17, 15) is 18.0 Å². The van der Waals surface area contributed by atoms with Crippen LogP contribution in [0.4, 0.5) is 28.8 Å². The van der Waals surface area contributed by atoms with Crippen molar-refractivity contribution in [2.45, 2.75) is 20.0 Å². The van der Waals surface area contributed by atoms with Crippen LogP contribution < -0.4 is 10.6 Å². The third-order valence-electron chi connectivity index (χ3n) is 3.67. The van der Waals surface area contributed by atoms with Crippen LogP contribution >= 0.6 is 11.3 Å². The number of aromatic nitrogens is 1. The number of hydrogen-bond acceptors (Lipinski definition) is 3. The van der Waals surface area contributed by atoms with Gasteiger partial charge in [0, 0.05) is 5.69 Å². The molecule has 3 rings (SSSR count). The van der Waals surface area contributed by atoms with Gasteiger partial charge in [0.2, 0.25) is 0 Å². The molecule has 1 aromatic heterocycles. The van der Waals surface area contributed by atoms with Crippen LogP contribution in [-0.2, 0) is 6.18 Å². The van der Waals surface area contributed by atoms with Crippen molar-refractivity contribution in [2.24, 2.45) is 0 Å². The monoisotopic (exact) mass is 365 g/mol. The van der Waals surface area contributed by atoms with Crippen LogP contribution in [0.5, 0.6) is 0 Å². The Hall–Kier alpha value is -2.61. The van der Waals surface area contributed by atoms with E-state index in [1.807, 2.05) is 26.0 Å². The lowest BCUT2D eigenvalue weighted by atomic mass is 10.1. The Labute approximate surface area is 145 Å². The fraction of sp³-hybridized carbons (Fsp3) is 0.176. The molecule has 2 N–H and O–H groups in total. The number of aryl methyl sites for hydroxylation is 2. The molecule has 0 spiro atoms. The maximum absolute atomic E-state index is 12.7. The number of thiazole rings is 1. The highest BCUT2D eigenvalue weighted by Gasteiger charge is 2.30. The van der Waals surface area contributed by atoms with Gasteiger partial charge in [0.15, 0.2) is 5.13 Å². The lowest BCUT2D eigenvalue weighted by Crippen LogP contribution is -2.19. The number of nitrogens with zero attached hydrogens (tertiary/aromatic N) is 1. The highest BCUT2D eigenvalue weighted by atomic mass is 32.1. The summed E-state index contributed by atoms with van der Waals surface area (Å²) in [5.41, 5.74) is 2.22. The molecular weight excluding hydrogens is 351 g/mol. The number of benzene rings is 2. The summed E-state index contributed by atoms with van der Waals surface area (Å²) in [7, 11) is 0. The summed E-state index contributed by atoms with van der Waals surface area (Å²) in [6.07, 6.45) is -4.46. The Balaban J connectivity index is 1.75. The maximum atomic E-state index is 12.7. The van der Waals surface area contributed by atoms with Crippen LogP contribution in [0.2, 0.25) is 0 Å². The minimum Gasteiger partial charge on any atom is -0.308 e. The van der Waals surface area contributed by atoms with Crippen LogP contribution in [0, 0.1) is 13.8 Å². The lowest BCUT2D eigenvalue weighted by Gasteiger charge is -2.09. The molecule has 0 aliphatic heterocycles. The molecule has 2 aromatic carbocycles. The molecule has 0 saturated heterocycles. The maximum Gasteiger partial charge on any atom is 0.416 e. The summed E-state index contributed by atoms with van der Waals surface area (Å²) in [5.74, 6) is 0. The molecule has 0 aliphatic rings. The van der Waals surface area contributed by atoms with Gasteiger partial charge in [0.05, 0.1) is 15.8 Å². The molecule has 0 fully saturated rings. The van der Waals surface area contributed by atoms with Gasteiger partial charge in [-0.2, -0.15) is 13.2 Å². The van der Waals surface area contributed by atoms with Gasteiger partial charge in [0.25, 0.3) is 0 Å². The van der Waals surface area contributed by atoms with Crippen molar-refractivity contribution in [1.82, 2.24) is 4.98 Å². The topological polar surface area (TPSA) is 54.0 Å². The quantitative estimate of drug-likeness (QED) is 0.623. The number of rotatable bonds is 2. The Morgan fingerprint density at radius 1 is 1.08 bits per heavy atom. The second kappa shape index (κ2) is 6.36. The second-order valence-electron chi connectivity index (χ2n) is 5.58. The number of anilines is 2. The summed E-state index contributed by atoms with van der Waals surface area (Å²) in [6.45, 7) is 3.96. The van der Waals surface area contributed by atoms with Gasteiger partial charge in [-0.25, -0.2) is 9.78 Å². The summed E-state index contributed by atoms with van der Waals surface area (Å²) in [5, 5.41) is 5.32. The molecule has 0 atom stereocenters. The van der Waals surface area contributed by atoms with Crippen molar-refractivity contribution in [3.05, 3.63) is 53.1 Å². The zero-order valence-corrected chi connectivity index (χ0v) is 14.2. The molecule has 2 amide bonds. The normalized spacial score (nSPS) is 11.6. The second-order valence-corrected chi connectivity index (χ2v) is 6.61. The fourth-order valence-electron chi connectivity index (χ4n) is 2.27. The third-order valence-corrected chi connectivity index (χ3v) is 4.61. The van der Waals surface area contributed by atoms with E-state index in [0.717, 1.165) is 33.5 Å². The molecule has 130 valence electrons. The number of urea groups is 1. The van der Waals surface area contributed by atoms with Crippen molar-refractivity contribution < 1.29 is 18.0 Å². The van der Waals surface area contributed by atoms with Crippen LogP contribution in [-0.4, -0.2) is 11.0 Å². The van der Waals surface area contributed by atoms with Gasteiger partial charge in [0.1, 0.15) is 0 Å². The zero-order valence-electron chi connectivity index (χ0n) is 13.4. The van der Waals surface area contributed by atoms with Gasteiger partial charge >= 0.3 is 12.2 Å². The summed E-state index contributed by atoms with van der Waals surface area (Å²) < 4.78 is 39.0. The number of hydrogen-bond donors (Lipinski definition) is 2. The lowest BCUT2D eigenvalue weighted by molar-refractivity contribution is -0.137. The highest BCUT2D eigenvalue weighted by molar-refractivity contribution is 7.22. The first kappa shape index (κ1) is 17.2. The van der Waals surface area contributed by atoms with E-state index in [0.29, 0.717) is 5.13 Å². The average molecular weight is 365 g/mol. The van der Waals surface area contributed by atoms with Crippen molar-refractivity contribution in [1.29, 1.82) is 0 Å². The van der Waals surface area contributed by atoms with E-state index in [2.05, 4.69) is 15.6 Å². The summed E-state index contributed by atoms with van der Waals surface area (Å²) in [4.78, 5) is 16.3.